The van der Waals surface area contributed by atoms with Crippen LogP contribution in [0.25, 0.3) is 11.4 Å². The van der Waals surface area contributed by atoms with Crippen LogP contribution in [0.1, 0.15) is 21.7 Å². The lowest BCUT2D eigenvalue weighted by Gasteiger charge is -2.21. The largest absolute Gasteiger partial charge is 0.337 e. The molecule has 0 aromatic carbocycles. The van der Waals surface area contributed by atoms with Gasteiger partial charge in [0.2, 0.25) is 0 Å². The van der Waals surface area contributed by atoms with Gasteiger partial charge in [0.15, 0.2) is 5.82 Å². The molecule has 1 aliphatic rings. The van der Waals surface area contributed by atoms with Crippen molar-refractivity contribution in [2.24, 2.45) is 0 Å². The van der Waals surface area contributed by atoms with E-state index in [-0.39, 0.29) is 5.91 Å². The highest BCUT2D eigenvalue weighted by Crippen LogP contribution is 2.16. The topological polar surface area (TPSA) is 62.2 Å². The van der Waals surface area contributed by atoms with Gasteiger partial charge >= 0.3 is 0 Å². The number of carbonyl (C=O) groups excluding carboxylic acids is 1. The van der Waals surface area contributed by atoms with Gasteiger partial charge in [-0.05, 0) is 30.0 Å². The normalized spacial score (nSPS) is 15.5. The average molecular weight is 379 g/mol. The molecule has 138 valence electrons. The van der Waals surface area contributed by atoms with Crippen molar-refractivity contribution in [3.63, 3.8) is 0 Å². The number of hydrogen-bond acceptors (Lipinski definition) is 6. The second-order valence-corrected chi connectivity index (χ2v) is 7.56. The van der Waals surface area contributed by atoms with E-state index in [1.165, 1.54) is 4.88 Å². The van der Waals surface area contributed by atoms with E-state index in [1.54, 1.807) is 36.1 Å². The molecule has 1 saturated heterocycles. The molecule has 0 N–H and O–H groups in total. The molecule has 0 aliphatic carbocycles. The minimum Gasteiger partial charge on any atom is -0.337 e. The molecule has 0 unspecified atom stereocenters. The summed E-state index contributed by atoms with van der Waals surface area (Å²) in [5, 5.41) is 2.11. The molecule has 0 saturated carbocycles. The Labute approximate surface area is 162 Å². The van der Waals surface area contributed by atoms with E-state index in [9.17, 15) is 4.79 Å². The first-order valence-electron chi connectivity index (χ1n) is 9.06. The molecule has 0 radical (unpaired) electrons. The third-order valence-corrected chi connectivity index (χ3v) is 5.53. The Balaban J connectivity index is 1.39. The summed E-state index contributed by atoms with van der Waals surface area (Å²) in [7, 11) is 0. The Bertz CT molecular complexity index is 867. The number of rotatable bonds is 4. The van der Waals surface area contributed by atoms with Crippen molar-refractivity contribution in [2.45, 2.75) is 13.0 Å². The van der Waals surface area contributed by atoms with Gasteiger partial charge in [0.25, 0.3) is 5.91 Å². The lowest BCUT2D eigenvalue weighted by Crippen LogP contribution is -2.35. The fraction of sp³-hybridized carbons (Fsp3) is 0.300. The molecule has 3 aromatic heterocycles. The van der Waals surface area contributed by atoms with E-state index in [2.05, 4.69) is 37.4 Å². The van der Waals surface area contributed by atoms with Gasteiger partial charge in [-0.2, -0.15) is 0 Å². The van der Waals surface area contributed by atoms with Gasteiger partial charge in [-0.1, -0.05) is 6.07 Å². The van der Waals surface area contributed by atoms with Crippen LogP contribution in [0, 0.1) is 0 Å². The number of aromatic nitrogens is 3. The van der Waals surface area contributed by atoms with E-state index in [4.69, 9.17) is 0 Å². The fourth-order valence-electron chi connectivity index (χ4n) is 3.23. The molecule has 1 fully saturated rings. The van der Waals surface area contributed by atoms with Crippen molar-refractivity contribution < 1.29 is 4.79 Å². The van der Waals surface area contributed by atoms with Crippen LogP contribution in [-0.4, -0.2) is 56.8 Å². The van der Waals surface area contributed by atoms with Crippen LogP contribution in [0.5, 0.6) is 0 Å². The molecular formula is C20H21N5OS. The zero-order chi connectivity index (χ0) is 18.5. The van der Waals surface area contributed by atoms with Gasteiger partial charge < -0.3 is 4.90 Å². The van der Waals surface area contributed by atoms with Gasteiger partial charge in [0.05, 0.1) is 5.56 Å². The Morgan fingerprint density at radius 2 is 1.85 bits per heavy atom. The van der Waals surface area contributed by atoms with Crippen molar-refractivity contribution in [1.82, 2.24) is 24.8 Å². The van der Waals surface area contributed by atoms with Gasteiger partial charge in [-0.3, -0.25) is 14.7 Å². The Hall–Kier alpha value is -2.64. The molecule has 0 spiro atoms. The summed E-state index contributed by atoms with van der Waals surface area (Å²) in [5.41, 5.74) is 1.43. The summed E-state index contributed by atoms with van der Waals surface area (Å²) in [5.74, 6) is 0.612. The second kappa shape index (κ2) is 8.37. The van der Waals surface area contributed by atoms with Gasteiger partial charge in [-0.15, -0.1) is 11.3 Å². The fourth-order valence-corrected chi connectivity index (χ4v) is 3.97. The molecule has 3 aromatic rings. The average Bonchev–Trinajstić information content (AvgIpc) is 3.12. The number of nitrogens with zero attached hydrogens (tertiary/aromatic N) is 5. The van der Waals surface area contributed by atoms with Crippen molar-refractivity contribution >= 4 is 17.2 Å². The van der Waals surface area contributed by atoms with E-state index < -0.39 is 0 Å². The maximum Gasteiger partial charge on any atom is 0.257 e. The molecule has 0 atom stereocenters. The van der Waals surface area contributed by atoms with Crippen LogP contribution >= 0.6 is 11.3 Å². The molecule has 4 heterocycles. The molecule has 6 nitrogen and oxygen atoms in total. The summed E-state index contributed by atoms with van der Waals surface area (Å²) in [6, 6.07) is 7.96. The minimum atomic E-state index is 0.00857. The highest BCUT2D eigenvalue weighted by molar-refractivity contribution is 7.09. The van der Waals surface area contributed by atoms with Crippen molar-refractivity contribution in [1.29, 1.82) is 0 Å². The molecular weight excluding hydrogens is 358 g/mol. The zero-order valence-electron chi connectivity index (χ0n) is 15.0. The minimum absolute atomic E-state index is 0.00857. The molecule has 7 heteroatoms. The van der Waals surface area contributed by atoms with Gasteiger partial charge in [-0.25, -0.2) is 9.97 Å². The number of thiophene rings is 1. The third kappa shape index (κ3) is 4.37. The van der Waals surface area contributed by atoms with Crippen LogP contribution in [0.2, 0.25) is 0 Å². The maximum atomic E-state index is 12.8. The number of hydrogen-bond donors (Lipinski definition) is 0. The first kappa shape index (κ1) is 17.8. The van der Waals surface area contributed by atoms with E-state index >= 15 is 0 Å². The maximum absolute atomic E-state index is 12.8. The first-order valence-corrected chi connectivity index (χ1v) is 9.94. The highest BCUT2D eigenvalue weighted by atomic mass is 32.1. The first-order chi connectivity index (χ1) is 13.3. The molecule has 1 amide bonds. The summed E-state index contributed by atoms with van der Waals surface area (Å²) < 4.78 is 0. The molecule has 1 aliphatic heterocycles. The van der Waals surface area contributed by atoms with Crippen molar-refractivity contribution in [2.75, 3.05) is 26.2 Å². The van der Waals surface area contributed by atoms with Crippen LogP contribution in [0.15, 0.2) is 54.4 Å². The Kier molecular flexibility index (Phi) is 5.50. The van der Waals surface area contributed by atoms with Crippen molar-refractivity contribution in [3.8, 4) is 11.4 Å². The predicted octanol–water partition coefficient (Wildman–Crippen LogP) is 2.95. The number of pyridine rings is 1. The van der Waals surface area contributed by atoms with E-state index in [0.717, 1.165) is 44.7 Å². The Morgan fingerprint density at radius 1 is 1.04 bits per heavy atom. The van der Waals surface area contributed by atoms with Crippen LogP contribution in [-0.2, 0) is 6.54 Å². The van der Waals surface area contributed by atoms with Gasteiger partial charge in [0, 0.05) is 68.0 Å². The zero-order valence-corrected chi connectivity index (χ0v) is 15.8. The molecule has 4 rings (SSSR count). The standard InChI is InChI=1S/C20H21N5OS/c26-20(17-13-22-19(23-14-17)16-4-6-21-7-5-16)25-9-2-8-24(10-11-25)15-18-3-1-12-27-18/h1,3-7,12-14H,2,8-11,15H2. The molecule has 27 heavy (non-hydrogen) atoms. The van der Waals surface area contributed by atoms with Crippen molar-refractivity contribution in [3.05, 3.63) is 64.9 Å². The highest BCUT2D eigenvalue weighted by Gasteiger charge is 2.21. The SMILES string of the molecule is O=C(c1cnc(-c2ccncc2)nc1)N1CCCN(Cc2cccs2)CC1. The Morgan fingerprint density at radius 3 is 2.59 bits per heavy atom. The van der Waals surface area contributed by atoms with Crippen LogP contribution in [0.3, 0.4) is 0 Å². The lowest BCUT2D eigenvalue weighted by molar-refractivity contribution is 0.0760. The number of carbonyl (C=O) groups is 1. The van der Waals surface area contributed by atoms with Crippen LogP contribution < -0.4 is 0 Å². The quantitative estimate of drug-likeness (QED) is 0.697. The smallest absolute Gasteiger partial charge is 0.257 e. The second-order valence-electron chi connectivity index (χ2n) is 6.53. The lowest BCUT2D eigenvalue weighted by atomic mass is 10.2. The molecule has 0 bridgehead atoms. The summed E-state index contributed by atoms with van der Waals surface area (Å²) >= 11 is 1.78. The van der Waals surface area contributed by atoms with Crippen LogP contribution in [0.4, 0.5) is 0 Å². The summed E-state index contributed by atoms with van der Waals surface area (Å²) in [6.45, 7) is 4.37. The summed E-state index contributed by atoms with van der Waals surface area (Å²) in [4.78, 5) is 31.3. The third-order valence-electron chi connectivity index (χ3n) is 4.67. The van der Waals surface area contributed by atoms with E-state index in [0.29, 0.717) is 11.4 Å². The van der Waals surface area contributed by atoms with E-state index in [1.807, 2.05) is 17.0 Å². The monoisotopic (exact) mass is 379 g/mol. The predicted molar refractivity (Wildman–Crippen MR) is 105 cm³/mol. The summed E-state index contributed by atoms with van der Waals surface area (Å²) in [6.07, 6.45) is 7.64. The number of amides is 1. The van der Waals surface area contributed by atoms with Gasteiger partial charge in [0.1, 0.15) is 0 Å².